The Hall–Kier alpha value is -1.81. The molecule has 0 bridgehead atoms. The maximum atomic E-state index is 13.1. The SMILES string of the molecule is CCC1(CC)CN(c2ccccc2)c2ccc(OC)cc2S(=O)C1. The molecule has 3 rings (SSSR count). The van der Waals surface area contributed by atoms with Crippen LogP contribution in [0.25, 0.3) is 0 Å². The zero-order valence-corrected chi connectivity index (χ0v) is 15.4. The Bertz CT molecular complexity index is 726. The lowest BCUT2D eigenvalue weighted by Gasteiger charge is -2.35. The Labute approximate surface area is 147 Å². The molecule has 1 atom stereocenters. The molecule has 0 spiro atoms. The van der Waals surface area contributed by atoms with Gasteiger partial charge in [0.15, 0.2) is 0 Å². The van der Waals surface area contributed by atoms with E-state index >= 15 is 0 Å². The Kier molecular flexibility index (Phi) is 4.95. The van der Waals surface area contributed by atoms with Crippen LogP contribution in [-0.4, -0.2) is 23.6 Å². The monoisotopic (exact) mass is 343 g/mol. The second kappa shape index (κ2) is 6.98. The fourth-order valence-electron chi connectivity index (χ4n) is 3.36. The lowest BCUT2D eigenvalue weighted by Crippen LogP contribution is -2.36. The zero-order valence-electron chi connectivity index (χ0n) is 14.6. The molecular formula is C20H25NO2S. The van der Waals surface area contributed by atoms with Gasteiger partial charge in [0.25, 0.3) is 0 Å². The van der Waals surface area contributed by atoms with Crippen LogP contribution in [0.2, 0.25) is 0 Å². The van der Waals surface area contributed by atoms with Crippen molar-refractivity contribution in [1.29, 1.82) is 0 Å². The molecule has 1 heterocycles. The Balaban J connectivity index is 2.17. The molecule has 128 valence electrons. The summed E-state index contributed by atoms with van der Waals surface area (Å²) in [6.07, 6.45) is 2.04. The van der Waals surface area contributed by atoms with Crippen molar-refractivity contribution in [2.75, 3.05) is 24.3 Å². The molecule has 0 amide bonds. The van der Waals surface area contributed by atoms with Gasteiger partial charge in [0.1, 0.15) is 5.75 Å². The van der Waals surface area contributed by atoms with Gasteiger partial charge in [0.05, 0.1) is 28.5 Å². The number of hydrogen-bond acceptors (Lipinski definition) is 3. The molecule has 1 aliphatic rings. The van der Waals surface area contributed by atoms with Gasteiger partial charge in [-0.2, -0.15) is 0 Å². The molecule has 4 heteroatoms. The van der Waals surface area contributed by atoms with Crippen molar-refractivity contribution in [2.45, 2.75) is 31.6 Å². The summed E-state index contributed by atoms with van der Waals surface area (Å²) in [5, 5.41) is 0. The van der Waals surface area contributed by atoms with Gasteiger partial charge in [-0.25, -0.2) is 0 Å². The summed E-state index contributed by atoms with van der Waals surface area (Å²) in [6, 6.07) is 16.3. The van der Waals surface area contributed by atoms with Gasteiger partial charge in [-0.15, -0.1) is 0 Å². The molecule has 0 saturated carbocycles. The molecule has 0 N–H and O–H groups in total. The number of para-hydroxylation sites is 1. The van der Waals surface area contributed by atoms with Crippen LogP contribution >= 0.6 is 0 Å². The Morgan fingerprint density at radius 1 is 1.12 bits per heavy atom. The van der Waals surface area contributed by atoms with Gasteiger partial charge in [0.2, 0.25) is 0 Å². The summed E-state index contributed by atoms with van der Waals surface area (Å²) in [6.45, 7) is 5.30. The zero-order chi connectivity index (χ0) is 17.2. The summed E-state index contributed by atoms with van der Waals surface area (Å²) < 4.78 is 18.5. The van der Waals surface area contributed by atoms with E-state index in [2.05, 4.69) is 43.0 Å². The molecule has 0 radical (unpaired) electrons. The van der Waals surface area contributed by atoms with Crippen LogP contribution in [0.5, 0.6) is 5.75 Å². The summed E-state index contributed by atoms with van der Waals surface area (Å²) >= 11 is 0. The summed E-state index contributed by atoms with van der Waals surface area (Å²) in [7, 11) is 0.622. The van der Waals surface area contributed by atoms with Gasteiger partial charge >= 0.3 is 0 Å². The fourth-order valence-corrected chi connectivity index (χ4v) is 5.24. The smallest absolute Gasteiger partial charge is 0.120 e. The van der Waals surface area contributed by atoms with Gasteiger partial charge in [-0.1, -0.05) is 32.0 Å². The lowest BCUT2D eigenvalue weighted by molar-refractivity contribution is 0.316. The number of methoxy groups -OCH3 is 1. The first kappa shape index (κ1) is 17.0. The van der Waals surface area contributed by atoms with Crippen molar-refractivity contribution >= 4 is 22.2 Å². The normalized spacial score (nSPS) is 19.5. The molecule has 0 aliphatic carbocycles. The molecule has 2 aromatic carbocycles. The van der Waals surface area contributed by atoms with Crippen LogP contribution in [-0.2, 0) is 10.8 Å². The highest BCUT2D eigenvalue weighted by molar-refractivity contribution is 7.85. The van der Waals surface area contributed by atoms with Crippen LogP contribution < -0.4 is 9.64 Å². The molecular weight excluding hydrogens is 318 g/mol. The van der Waals surface area contributed by atoms with Crippen molar-refractivity contribution in [3.05, 3.63) is 48.5 Å². The topological polar surface area (TPSA) is 29.5 Å². The summed E-state index contributed by atoms with van der Waals surface area (Å²) in [4.78, 5) is 3.20. The average Bonchev–Trinajstić information content (AvgIpc) is 2.77. The van der Waals surface area contributed by atoms with Crippen molar-refractivity contribution in [1.82, 2.24) is 0 Å². The number of hydrogen-bond donors (Lipinski definition) is 0. The minimum atomic E-state index is -1.03. The van der Waals surface area contributed by atoms with E-state index in [0.29, 0.717) is 5.75 Å². The third-order valence-corrected chi connectivity index (χ3v) is 6.89. The number of rotatable bonds is 4. The highest BCUT2D eigenvalue weighted by atomic mass is 32.2. The first-order chi connectivity index (χ1) is 11.6. The highest BCUT2D eigenvalue weighted by Gasteiger charge is 2.36. The summed E-state index contributed by atoms with van der Waals surface area (Å²) in [5.74, 6) is 1.46. The van der Waals surface area contributed by atoms with Crippen molar-refractivity contribution in [3.63, 3.8) is 0 Å². The number of nitrogens with zero attached hydrogens (tertiary/aromatic N) is 1. The minimum Gasteiger partial charge on any atom is -0.497 e. The van der Waals surface area contributed by atoms with Crippen LogP contribution in [0.15, 0.2) is 53.4 Å². The van der Waals surface area contributed by atoms with E-state index in [9.17, 15) is 4.21 Å². The molecule has 1 unspecified atom stereocenters. The molecule has 0 saturated heterocycles. The minimum absolute atomic E-state index is 0.0486. The predicted octanol–water partition coefficient (Wildman–Crippen LogP) is 4.76. The largest absolute Gasteiger partial charge is 0.497 e. The number of benzene rings is 2. The van der Waals surface area contributed by atoms with Gasteiger partial charge in [-0.3, -0.25) is 4.21 Å². The fraction of sp³-hybridized carbons (Fsp3) is 0.400. The first-order valence-corrected chi connectivity index (χ1v) is 9.83. The quantitative estimate of drug-likeness (QED) is 0.801. The van der Waals surface area contributed by atoms with Crippen molar-refractivity contribution in [3.8, 4) is 5.75 Å². The van der Waals surface area contributed by atoms with E-state index in [1.54, 1.807) is 7.11 Å². The second-order valence-electron chi connectivity index (χ2n) is 6.45. The molecule has 0 fully saturated rings. The molecule has 24 heavy (non-hydrogen) atoms. The highest BCUT2D eigenvalue weighted by Crippen LogP contribution is 2.42. The molecule has 2 aromatic rings. The van der Waals surface area contributed by atoms with E-state index < -0.39 is 10.8 Å². The standard InChI is InChI=1S/C20H25NO2S/c1-4-20(5-2)14-21(16-9-7-6-8-10-16)18-12-11-17(23-3)13-19(18)24(22)15-20/h6-13H,4-5,14-15H2,1-3H3. The van der Waals surface area contributed by atoms with Crippen LogP contribution in [0, 0.1) is 5.41 Å². The Morgan fingerprint density at radius 2 is 1.83 bits per heavy atom. The average molecular weight is 343 g/mol. The van der Waals surface area contributed by atoms with Gasteiger partial charge in [-0.05, 0) is 48.6 Å². The predicted molar refractivity (Wildman–Crippen MR) is 101 cm³/mol. The second-order valence-corrected chi connectivity index (χ2v) is 7.87. The number of fused-ring (bicyclic) bond motifs is 1. The maximum Gasteiger partial charge on any atom is 0.120 e. The Morgan fingerprint density at radius 3 is 2.46 bits per heavy atom. The van der Waals surface area contributed by atoms with Crippen LogP contribution in [0.1, 0.15) is 26.7 Å². The third-order valence-electron chi connectivity index (χ3n) is 5.20. The van der Waals surface area contributed by atoms with E-state index in [1.165, 1.54) is 0 Å². The number of ether oxygens (including phenoxy) is 1. The third kappa shape index (κ3) is 3.07. The van der Waals surface area contributed by atoms with E-state index in [1.807, 2.05) is 24.3 Å². The van der Waals surface area contributed by atoms with Gasteiger partial charge < -0.3 is 9.64 Å². The van der Waals surface area contributed by atoms with E-state index in [-0.39, 0.29) is 5.41 Å². The molecule has 1 aliphatic heterocycles. The molecule has 3 nitrogen and oxygen atoms in total. The summed E-state index contributed by atoms with van der Waals surface area (Å²) in [5.41, 5.74) is 2.23. The van der Waals surface area contributed by atoms with Crippen molar-refractivity contribution in [2.24, 2.45) is 5.41 Å². The van der Waals surface area contributed by atoms with Crippen LogP contribution in [0.4, 0.5) is 11.4 Å². The maximum absolute atomic E-state index is 13.1. The lowest BCUT2D eigenvalue weighted by atomic mass is 9.83. The molecule has 0 aromatic heterocycles. The van der Waals surface area contributed by atoms with E-state index in [0.717, 1.165) is 41.4 Å². The number of anilines is 2. The first-order valence-electron chi connectivity index (χ1n) is 8.51. The van der Waals surface area contributed by atoms with E-state index in [4.69, 9.17) is 4.74 Å². The van der Waals surface area contributed by atoms with Crippen molar-refractivity contribution < 1.29 is 8.95 Å². The van der Waals surface area contributed by atoms with Gasteiger partial charge in [0, 0.05) is 18.0 Å². The van der Waals surface area contributed by atoms with Crippen LogP contribution in [0.3, 0.4) is 0 Å².